The van der Waals surface area contributed by atoms with Gasteiger partial charge in [0.05, 0.1) is 10.6 Å². The van der Waals surface area contributed by atoms with Gasteiger partial charge in [-0.15, -0.1) is 0 Å². The summed E-state index contributed by atoms with van der Waals surface area (Å²) in [6.45, 7) is 0. The summed E-state index contributed by atoms with van der Waals surface area (Å²) in [4.78, 5) is 24.9. The van der Waals surface area contributed by atoms with Gasteiger partial charge in [-0.05, 0) is 43.2 Å². The van der Waals surface area contributed by atoms with Crippen LogP contribution in [0, 0.1) is 5.41 Å². The van der Waals surface area contributed by atoms with E-state index in [1.165, 1.54) is 6.07 Å². The highest BCUT2D eigenvalue weighted by atomic mass is 35.5. The van der Waals surface area contributed by atoms with Crippen LogP contribution in [0.3, 0.4) is 0 Å². The molecule has 2 aromatic rings. The molecule has 0 bridgehead atoms. The smallest absolute Gasteiger partial charge is 0.325 e. The summed E-state index contributed by atoms with van der Waals surface area (Å²) in [5.41, 5.74) is -1.84. The van der Waals surface area contributed by atoms with E-state index < -0.39 is 34.0 Å². The van der Waals surface area contributed by atoms with Crippen LogP contribution >= 0.6 is 11.6 Å². The molecule has 0 heterocycles. The Balaban J connectivity index is 1.75. The molecule has 1 saturated carbocycles. The highest BCUT2D eigenvalue weighted by molar-refractivity contribution is 6.31. The van der Waals surface area contributed by atoms with E-state index in [0.29, 0.717) is 18.5 Å². The third kappa shape index (κ3) is 3.67. The summed E-state index contributed by atoms with van der Waals surface area (Å²) < 4.78 is 38.8. The van der Waals surface area contributed by atoms with Crippen molar-refractivity contribution in [2.45, 2.75) is 19.0 Å². The highest BCUT2D eigenvalue weighted by Gasteiger charge is 2.56. The molecule has 0 atom stereocenters. The third-order valence-corrected chi connectivity index (χ3v) is 4.51. The largest absolute Gasteiger partial charge is 0.417 e. The van der Waals surface area contributed by atoms with E-state index in [0.717, 1.165) is 12.1 Å². The van der Waals surface area contributed by atoms with E-state index in [9.17, 15) is 22.8 Å². The molecule has 2 N–H and O–H groups in total. The van der Waals surface area contributed by atoms with E-state index in [1.807, 2.05) is 0 Å². The second kappa shape index (κ2) is 6.64. The lowest BCUT2D eigenvalue weighted by Gasteiger charge is -2.16. The van der Waals surface area contributed by atoms with Gasteiger partial charge < -0.3 is 10.6 Å². The number of carbonyl (C=O) groups excluding carboxylic acids is 2. The predicted molar refractivity (Wildman–Crippen MR) is 91.8 cm³/mol. The lowest BCUT2D eigenvalue weighted by molar-refractivity contribution is -0.137. The molecular formula is C18H14ClF3N2O2. The van der Waals surface area contributed by atoms with Gasteiger partial charge in [-0.2, -0.15) is 13.2 Å². The summed E-state index contributed by atoms with van der Waals surface area (Å²) in [5.74, 6) is -1.12. The number of hydrogen-bond donors (Lipinski definition) is 2. The Labute approximate surface area is 152 Å². The standard InChI is InChI=1S/C18H14ClF3N2O2/c19-14-7-6-12(10-13(14)18(20,21)22)24-16(26)17(8-9-17)15(25)23-11-4-2-1-3-5-11/h1-7,10H,8-9H2,(H,23,25)(H,24,26). The molecule has 0 saturated heterocycles. The molecule has 3 rings (SSSR count). The molecule has 2 aromatic carbocycles. The minimum Gasteiger partial charge on any atom is -0.325 e. The molecule has 0 aliphatic heterocycles. The predicted octanol–water partition coefficient (Wildman–Crippen LogP) is 4.72. The second-order valence-corrected chi connectivity index (χ2v) is 6.46. The number of rotatable bonds is 4. The van der Waals surface area contributed by atoms with Crippen LogP contribution in [0.4, 0.5) is 24.5 Å². The lowest BCUT2D eigenvalue weighted by atomic mass is 10.0. The van der Waals surface area contributed by atoms with Crippen molar-refractivity contribution in [2.24, 2.45) is 5.41 Å². The number of alkyl halides is 3. The molecule has 136 valence electrons. The fraction of sp³-hybridized carbons (Fsp3) is 0.222. The van der Waals surface area contributed by atoms with Gasteiger partial charge in [-0.25, -0.2) is 0 Å². The van der Waals surface area contributed by atoms with Gasteiger partial charge >= 0.3 is 6.18 Å². The molecule has 0 unspecified atom stereocenters. The summed E-state index contributed by atoms with van der Waals surface area (Å²) >= 11 is 5.56. The maximum atomic E-state index is 12.9. The fourth-order valence-electron chi connectivity index (χ4n) is 2.53. The van der Waals surface area contributed by atoms with Crippen LogP contribution in [0.5, 0.6) is 0 Å². The van der Waals surface area contributed by atoms with Crippen LogP contribution in [0.2, 0.25) is 5.02 Å². The van der Waals surface area contributed by atoms with E-state index in [1.54, 1.807) is 30.3 Å². The zero-order chi connectivity index (χ0) is 18.9. The van der Waals surface area contributed by atoms with Crippen LogP contribution in [0.15, 0.2) is 48.5 Å². The van der Waals surface area contributed by atoms with Crippen molar-refractivity contribution in [3.63, 3.8) is 0 Å². The van der Waals surface area contributed by atoms with Gasteiger partial charge in [-0.1, -0.05) is 29.8 Å². The van der Waals surface area contributed by atoms with Crippen molar-refractivity contribution in [3.8, 4) is 0 Å². The Kier molecular flexibility index (Phi) is 4.66. The zero-order valence-electron chi connectivity index (χ0n) is 13.4. The molecule has 0 radical (unpaired) electrons. The minimum atomic E-state index is -4.64. The first-order chi connectivity index (χ1) is 12.2. The highest BCUT2D eigenvalue weighted by Crippen LogP contribution is 2.47. The topological polar surface area (TPSA) is 58.2 Å². The van der Waals surface area contributed by atoms with Crippen LogP contribution in [-0.2, 0) is 15.8 Å². The summed E-state index contributed by atoms with van der Waals surface area (Å²) in [5, 5.41) is 4.59. The van der Waals surface area contributed by atoms with Gasteiger partial charge in [0.1, 0.15) is 5.41 Å². The number of anilines is 2. The third-order valence-electron chi connectivity index (χ3n) is 4.18. The van der Waals surface area contributed by atoms with Crippen LogP contribution in [0.1, 0.15) is 18.4 Å². The molecule has 26 heavy (non-hydrogen) atoms. The van der Waals surface area contributed by atoms with Crippen molar-refractivity contribution < 1.29 is 22.8 Å². The van der Waals surface area contributed by atoms with Crippen molar-refractivity contribution in [1.82, 2.24) is 0 Å². The summed E-state index contributed by atoms with van der Waals surface area (Å²) in [7, 11) is 0. The zero-order valence-corrected chi connectivity index (χ0v) is 14.1. The molecule has 8 heteroatoms. The Hall–Kier alpha value is -2.54. The van der Waals surface area contributed by atoms with Gasteiger partial charge in [-0.3, -0.25) is 9.59 Å². The molecule has 4 nitrogen and oxygen atoms in total. The number of amides is 2. The van der Waals surface area contributed by atoms with Crippen LogP contribution in [-0.4, -0.2) is 11.8 Å². The molecule has 1 fully saturated rings. The minimum absolute atomic E-state index is 0.0643. The van der Waals surface area contributed by atoms with Crippen molar-refractivity contribution in [2.75, 3.05) is 10.6 Å². The van der Waals surface area contributed by atoms with Gasteiger partial charge in [0.2, 0.25) is 11.8 Å². The molecule has 0 spiro atoms. The number of carbonyl (C=O) groups is 2. The number of benzene rings is 2. The van der Waals surface area contributed by atoms with Crippen molar-refractivity contribution in [3.05, 3.63) is 59.1 Å². The average Bonchev–Trinajstić information content (AvgIpc) is 3.38. The summed E-state index contributed by atoms with van der Waals surface area (Å²) in [6.07, 6.45) is -3.98. The van der Waals surface area contributed by atoms with Gasteiger partial charge in [0, 0.05) is 11.4 Å². The normalized spacial score (nSPS) is 15.2. The van der Waals surface area contributed by atoms with E-state index in [4.69, 9.17) is 11.6 Å². The Morgan fingerprint density at radius 1 is 0.923 bits per heavy atom. The van der Waals surface area contributed by atoms with E-state index in [2.05, 4.69) is 10.6 Å². The Morgan fingerprint density at radius 2 is 1.50 bits per heavy atom. The van der Waals surface area contributed by atoms with Gasteiger partial charge in [0.25, 0.3) is 0 Å². The quantitative estimate of drug-likeness (QED) is 0.752. The average molecular weight is 383 g/mol. The summed E-state index contributed by atoms with van der Waals surface area (Å²) in [6, 6.07) is 11.7. The molecule has 2 amide bonds. The van der Waals surface area contributed by atoms with Crippen LogP contribution in [0.25, 0.3) is 0 Å². The first kappa shape index (κ1) is 18.3. The monoisotopic (exact) mass is 382 g/mol. The fourth-order valence-corrected chi connectivity index (χ4v) is 2.75. The number of hydrogen-bond acceptors (Lipinski definition) is 2. The number of halogens is 4. The number of para-hydroxylation sites is 1. The Bertz CT molecular complexity index is 849. The SMILES string of the molecule is O=C(Nc1ccccc1)C1(C(=O)Nc2ccc(Cl)c(C(F)(F)F)c2)CC1. The van der Waals surface area contributed by atoms with Crippen LogP contribution < -0.4 is 10.6 Å². The molecular weight excluding hydrogens is 369 g/mol. The molecule has 1 aliphatic carbocycles. The first-order valence-corrected chi connectivity index (χ1v) is 8.15. The number of nitrogens with one attached hydrogen (secondary N) is 2. The van der Waals surface area contributed by atoms with E-state index >= 15 is 0 Å². The molecule has 0 aromatic heterocycles. The maximum Gasteiger partial charge on any atom is 0.417 e. The lowest BCUT2D eigenvalue weighted by Crippen LogP contribution is -2.35. The maximum absolute atomic E-state index is 12.9. The second-order valence-electron chi connectivity index (χ2n) is 6.05. The Morgan fingerprint density at radius 3 is 2.04 bits per heavy atom. The first-order valence-electron chi connectivity index (χ1n) is 7.77. The van der Waals surface area contributed by atoms with Crippen molar-refractivity contribution >= 4 is 34.8 Å². The van der Waals surface area contributed by atoms with Crippen molar-refractivity contribution in [1.29, 1.82) is 0 Å². The van der Waals surface area contributed by atoms with E-state index in [-0.39, 0.29) is 5.69 Å². The molecule has 1 aliphatic rings. The van der Waals surface area contributed by atoms with Gasteiger partial charge in [0.15, 0.2) is 0 Å².